The molecule has 230 valence electrons. The standard InChI is InChI=1S/C42H26N6S/c43-35-22-21-34-37(39(35)48-49)33-11-5-6-12-36(33)44-38(34)27-15-17-28(18-16-27)40-45-41(31-19-13-25-7-1-3-9-29(25)23-31)47-42(46-40)32-20-14-26-8-2-4-10-30(26)24-32/h1-24,43,49H. The third-order valence-corrected chi connectivity index (χ3v) is 9.21. The summed E-state index contributed by atoms with van der Waals surface area (Å²) < 4.78 is 4.19. The summed E-state index contributed by atoms with van der Waals surface area (Å²) in [6.07, 6.45) is 3.69. The van der Waals surface area contributed by atoms with Crippen LogP contribution in [0.1, 0.15) is 11.1 Å². The van der Waals surface area contributed by atoms with E-state index in [1.807, 2.05) is 78.9 Å². The number of hydrogen-bond donors (Lipinski definition) is 2. The fourth-order valence-electron chi connectivity index (χ4n) is 6.55. The molecule has 1 N–H and O–H groups in total. The third-order valence-electron chi connectivity index (χ3n) is 9.01. The smallest absolute Gasteiger partial charge is 0.164 e. The monoisotopic (exact) mass is 646 g/mol. The fourth-order valence-corrected chi connectivity index (χ4v) is 6.75. The van der Waals surface area contributed by atoms with Crippen molar-refractivity contribution in [2.45, 2.75) is 0 Å². The topological polar surface area (TPSA) is 87.8 Å². The average molecular weight is 647 g/mol. The average Bonchev–Trinajstić information content (AvgIpc) is 3.17. The van der Waals surface area contributed by atoms with Crippen LogP contribution in [-0.2, 0) is 0 Å². The van der Waals surface area contributed by atoms with Gasteiger partial charge in [-0.2, -0.15) is 0 Å². The number of pyridine rings is 1. The summed E-state index contributed by atoms with van der Waals surface area (Å²) in [5.74, 6) is 1.80. The third kappa shape index (κ3) is 5.08. The predicted molar refractivity (Wildman–Crippen MR) is 204 cm³/mol. The first-order valence-corrected chi connectivity index (χ1v) is 16.3. The van der Waals surface area contributed by atoms with Crippen LogP contribution in [-0.4, -0.2) is 31.4 Å². The van der Waals surface area contributed by atoms with E-state index in [9.17, 15) is 0 Å². The van der Waals surface area contributed by atoms with Crippen LogP contribution in [0.25, 0.3) is 83.9 Å². The molecular weight excluding hydrogens is 621 g/mol. The highest BCUT2D eigenvalue weighted by Crippen LogP contribution is 2.35. The van der Waals surface area contributed by atoms with E-state index in [0.29, 0.717) is 28.9 Å². The molecule has 0 aliphatic heterocycles. The van der Waals surface area contributed by atoms with Crippen molar-refractivity contribution in [1.82, 2.24) is 19.9 Å². The van der Waals surface area contributed by atoms with Gasteiger partial charge in [-0.15, -0.1) is 0 Å². The van der Waals surface area contributed by atoms with Crippen LogP contribution < -0.4 is 0 Å². The summed E-state index contributed by atoms with van der Waals surface area (Å²) >= 11 is 4.23. The van der Waals surface area contributed by atoms with Crippen molar-refractivity contribution in [2.75, 3.05) is 0 Å². The molecule has 6 aromatic carbocycles. The lowest BCUT2D eigenvalue weighted by Gasteiger charge is -2.19. The molecule has 0 unspecified atom stereocenters. The van der Waals surface area contributed by atoms with E-state index < -0.39 is 0 Å². The lowest BCUT2D eigenvalue weighted by molar-refractivity contribution is 1.07. The minimum absolute atomic E-state index is 0.319. The number of rotatable bonds is 4. The van der Waals surface area contributed by atoms with Gasteiger partial charge in [-0.1, -0.05) is 115 Å². The SMILES string of the molecule is N=C1C=Cc2c(-c3ccc(-c4nc(-c5ccc6ccccc6c5)nc(-c5ccc6ccccc6c5)n4)cc3)nc3ccccc3c2C1=NS. The van der Waals surface area contributed by atoms with Gasteiger partial charge in [0.05, 0.1) is 16.9 Å². The first-order valence-electron chi connectivity index (χ1n) is 15.9. The summed E-state index contributed by atoms with van der Waals surface area (Å²) in [5, 5.41) is 14.0. The molecule has 7 heteroatoms. The van der Waals surface area contributed by atoms with Crippen molar-refractivity contribution >= 4 is 62.8 Å². The van der Waals surface area contributed by atoms with Gasteiger partial charge in [-0.25, -0.2) is 24.3 Å². The van der Waals surface area contributed by atoms with Crippen molar-refractivity contribution in [3.05, 3.63) is 151 Å². The highest BCUT2D eigenvalue weighted by molar-refractivity contribution is 7.79. The maximum atomic E-state index is 8.48. The van der Waals surface area contributed by atoms with Gasteiger partial charge in [0, 0.05) is 38.8 Å². The Labute approximate surface area is 287 Å². The van der Waals surface area contributed by atoms with Gasteiger partial charge in [-0.05, 0) is 64.7 Å². The molecule has 2 aromatic heterocycles. The number of benzene rings is 6. The fraction of sp³-hybridized carbons (Fsp3) is 0. The number of nitrogens with one attached hydrogen (secondary N) is 1. The van der Waals surface area contributed by atoms with Gasteiger partial charge in [-0.3, -0.25) is 5.41 Å². The molecule has 0 saturated heterocycles. The molecule has 6 nitrogen and oxygen atoms in total. The number of fused-ring (bicyclic) bond motifs is 5. The quantitative estimate of drug-likeness (QED) is 0.186. The molecular formula is C42H26N6S. The van der Waals surface area contributed by atoms with E-state index in [1.54, 1.807) is 6.08 Å². The molecule has 2 heterocycles. The largest absolute Gasteiger partial charge is 0.299 e. The Morgan fingerprint density at radius 3 is 1.61 bits per heavy atom. The van der Waals surface area contributed by atoms with Crippen LogP contribution in [0.2, 0.25) is 0 Å². The summed E-state index contributed by atoms with van der Waals surface area (Å²) in [6.45, 7) is 0. The molecule has 0 amide bonds. The molecule has 9 rings (SSSR count). The number of thiol groups is 1. The number of aromatic nitrogens is 4. The Morgan fingerprint density at radius 2 is 1.00 bits per heavy atom. The minimum atomic E-state index is 0.319. The molecule has 0 fully saturated rings. The second-order valence-electron chi connectivity index (χ2n) is 12.0. The van der Waals surface area contributed by atoms with E-state index in [-0.39, 0.29) is 0 Å². The molecule has 0 spiro atoms. The number of hydrogen-bond acceptors (Lipinski definition) is 7. The first-order chi connectivity index (χ1) is 24.1. The Balaban J connectivity index is 1.19. The molecule has 0 atom stereocenters. The Bertz CT molecular complexity index is 2600. The van der Waals surface area contributed by atoms with Crippen LogP contribution in [0, 0.1) is 5.41 Å². The van der Waals surface area contributed by atoms with Crippen molar-refractivity contribution in [1.29, 1.82) is 5.41 Å². The molecule has 49 heavy (non-hydrogen) atoms. The van der Waals surface area contributed by atoms with Crippen molar-refractivity contribution in [3.8, 4) is 45.4 Å². The van der Waals surface area contributed by atoms with Gasteiger partial charge < -0.3 is 0 Å². The van der Waals surface area contributed by atoms with E-state index in [0.717, 1.165) is 71.5 Å². The van der Waals surface area contributed by atoms with Crippen LogP contribution in [0.4, 0.5) is 0 Å². The summed E-state index contributed by atoms with van der Waals surface area (Å²) in [5.41, 5.74) is 7.90. The Morgan fingerprint density at radius 1 is 0.490 bits per heavy atom. The molecule has 1 aliphatic rings. The maximum absolute atomic E-state index is 8.48. The van der Waals surface area contributed by atoms with E-state index in [1.165, 1.54) is 0 Å². The predicted octanol–water partition coefficient (Wildman–Crippen LogP) is 10.1. The zero-order valence-electron chi connectivity index (χ0n) is 26.0. The van der Waals surface area contributed by atoms with Crippen molar-refractivity contribution < 1.29 is 0 Å². The normalized spacial score (nSPS) is 13.4. The van der Waals surface area contributed by atoms with Gasteiger partial charge in [0.25, 0.3) is 0 Å². The minimum Gasteiger partial charge on any atom is -0.299 e. The van der Waals surface area contributed by atoms with Gasteiger partial charge in [0.15, 0.2) is 17.5 Å². The van der Waals surface area contributed by atoms with Gasteiger partial charge in [0.2, 0.25) is 0 Å². The van der Waals surface area contributed by atoms with Gasteiger partial charge >= 0.3 is 0 Å². The summed E-state index contributed by atoms with van der Waals surface area (Å²) in [6, 6.07) is 45.3. The van der Waals surface area contributed by atoms with Gasteiger partial charge in [0.1, 0.15) is 5.71 Å². The first kappa shape index (κ1) is 28.9. The van der Waals surface area contributed by atoms with E-state index >= 15 is 0 Å². The van der Waals surface area contributed by atoms with E-state index in [2.05, 4.69) is 77.9 Å². The maximum Gasteiger partial charge on any atom is 0.164 e. The Hall–Kier alpha value is -6.31. The van der Waals surface area contributed by atoms with Crippen molar-refractivity contribution in [2.24, 2.45) is 4.40 Å². The number of para-hydroxylation sites is 1. The number of nitrogens with zero attached hydrogens (tertiary/aromatic N) is 5. The van der Waals surface area contributed by atoms with Crippen LogP contribution in [0.5, 0.6) is 0 Å². The van der Waals surface area contributed by atoms with Crippen LogP contribution in [0.3, 0.4) is 0 Å². The zero-order chi connectivity index (χ0) is 32.9. The number of allylic oxidation sites excluding steroid dienone is 1. The summed E-state index contributed by atoms with van der Waals surface area (Å²) in [4.78, 5) is 20.1. The lowest BCUT2D eigenvalue weighted by Crippen LogP contribution is -2.18. The van der Waals surface area contributed by atoms with Crippen LogP contribution in [0.15, 0.2) is 144 Å². The molecule has 0 bridgehead atoms. The molecule has 1 aliphatic carbocycles. The van der Waals surface area contributed by atoms with E-state index in [4.69, 9.17) is 25.3 Å². The Kier molecular flexibility index (Phi) is 6.92. The second-order valence-corrected chi connectivity index (χ2v) is 12.2. The second kappa shape index (κ2) is 11.7. The molecule has 0 saturated carbocycles. The van der Waals surface area contributed by atoms with Crippen LogP contribution >= 0.6 is 12.8 Å². The lowest BCUT2D eigenvalue weighted by atomic mass is 9.88. The highest BCUT2D eigenvalue weighted by atomic mass is 32.1. The highest BCUT2D eigenvalue weighted by Gasteiger charge is 2.24. The molecule has 8 aromatic rings. The molecule has 0 radical (unpaired) electrons. The van der Waals surface area contributed by atoms with Crippen molar-refractivity contribution in [3.63, 3.8) is 0 Å². The zero-order valence-corrected chi connectivity index (χ0v) is 26.9. The summed E-state index contributed by atoms with van der Waals surface area (Å²) in [7, 11) is 0.